The minimum absolute atomic E-state index is 0.613. The van der Waals surface area contributed by atoms with Crippen LogP contribution in [0.2, 0.25) is 0 Å². The van der Waals surface area contributed by atoms with E-state index >= 15 is 0 Å². The number of aromatic nitrogens is 2. The molecule has 1 atom stereocenters. The second-order valence-corrected chi connectivity index (χ2v) is 5.27. The fourth-order valence-electron chi connectivity index (χ4n) is 1.57. The Bertz CT molecular complexity index is 383. The average Bonchev–Trinajstić information content (AvgIpc) is 2.70. The molecule has 0 spiro atoms. The molecule has 0 fully saturated rings. The minimum Gasteiger partial charge on any atom is -0.361 e. The smallest absolute Gasteiger partial charge is 0.157 e. The van der Waals surface area contributed by atoms with E-state index in [2.05, 4.69) is 22.3 Å². The Morgan fingerprint density at radius 1 is 1.67 bits per heavy atom. The van der Waals surface area contributed by atoms with Gasteiger partial charge in [0.1, 0.15) is 0 Å². The normalized spacial score (nSPS) is 20.5. The molecule has 1 aromatic rings. The monoisotopic (exact) mass is 224 g/mol. The van der Waals surface area contributed by atoms with Gasteiger partial charge in [0.05, 0.1) is 12.2 Å². The van der Waals surface area contributed by atoms with Crippen molar-refractivity contribution in [1.29, 1.82) is 0 Å². The largest absolute Gasteiger partial charge is 0.361 e. The van der Waals surface area contributed by atoms with Crippen LogP contribution in [0.3, 0.4) is 0 Å². The summed E-state index contributed by atoms with van der Waals surface area (Å²) in [5.41, 5.74) is 2.32. The van der Waals surface area contributed by atoms with Gasteiger partial charge in [-0.15, -0.1) is 0 Å². The highest BCUT2D eigenvalue weighted by Crippen LogP contribution is 2.18. The lowest BCUT2D eigenvalue weighted by molar-refractivity contribution is 0.756. The molecule has 82 valence electrons. The molecule has 0 aromatic carbocycles. The summed E-state index contributed by atoms with van der Waals surface area (Å²) in [5.74, 6) is 0. The van der Waals surface area contributed by atoms with E-state index in [1.807, 2.05) is 36.6 Å². The summed E-state index contributed by atoms with van der Waals surface area (Å²) in [4.78, 5) is 4.41. The third-order valence-corrected chi connectivity index (χ3v) is 3.40. The number of nitrogens with zero attached hydrogens (tertiary/aromatic N) is 3. The highest BCUT2D eigenvalue weighted by Gasteiger charge is 2.14. The van der Waals surface area contributed by atoms with Crippen molar-refractivity contribution >= 4 is 16.9 Å². The Kier molecular flexibility index (Phi) is 3.00. The van der Waals surface area contributed by atoms with E-state index in [-0.39, 0.29) is 0 Å². The van der Waals surface area contributed by atoms with Crippen LogP contribution in [-0.4, -0.2) is 26.7 Å². The van der Waals surface area contributed by atoms with Gasteiger partial charge in [0, 0.05) is 30.6 Å². The SMILES string of the molecule is Cc1nn(C)cc1CNC1=NCC(C)S1. The summed E-state index contributed by atoms with van der Waals surface area (Å²) in [6, 6.07) is 0. The van der Waals surface area contributed by atoms with E-state index in [1.165, 1.54) is 5.56 Å². The minimum atomic E-state index is 0.613. The molecule has 1 aliphatic rings. The molecule has 0 saturated heterocycles. The molecule has 0 amide bonds. The maximum Gasteiger partial charge on any atom is 0.157 e. The lowest BCUT2D eigenvalue weighted by Gasteiger charge is -2.04. The summed E-state index contributed by atoms with van der Waals surface area (Å²) in [7, 11) is 1.94. The van der Waals surface area contributed by atoms with Gasteiger partial charge in [-0.05, 0) is 6.92 Å². The molecule has 1 unspecified atom stereocenters. The Hall–Kier alpha value is -0.970. The molecule has 1 aliphatic heterocycles. The number of rotatable bonds is 2. The number of amidine groups is 1. The molecule has 4 nitrogen and oxygen atoms in total. The van der Waals surface area contributed by atoms with Gasteiger partial charge in [-0.3, -0.25) is 9.67 Å². The zero-order chi connectivity index (χ0) is 10.8. The highest BCUT2D eigenvalue weighted by atomic mass is 32.2. The van der Waals surface area contributed by atoms with E-state index in [0.717, 1.165) is 24.0 Å². The zero-order valence-corrected chi connectivity index (χ0v) is 10.1. The van der Waals surface area contributed by atoms with E-state index in [9.17, 15) is 0 Å². The number of thioether (sulfide) groups is 1. The molecule has 0 saturated carbocycles. The molecular weight excluding hydrogens is 208 g/mol. The first-order chi connectivity index (χ1) is 7.15. The fraction of sp³-hybridized carbons (Fsp3) is 0.600. The third-order valence-electron chi connectivity index (χ3n) is 2.35. The van der Waals surface area contributed by atoms with Gasteiger partial charge in [-0.2, -0.15) is 5.10 Å². The van der Waals surface area contributed by atoms with Gasteiger partial charge in [0.25, 0.3) is 0 Å². The van der Waals surface area contributed by atoms with Gasteiger partial charge in [-0.25, -0.2) is 0 Å². The molecule has 0 radical (unpaired) electrons. The molecule has 15 heavy (non-hydrogen) atoms. The lowest BCUT2D eigenvalue weighted by atomic mass is 10.3. The number of aliphatic imine (C=N–C) groups is 1. The van der Waals surface area contributed by atoms with Crippen LogP contribution in [0.5, 0.6) is 0 Å². The molecule has 1 N–H and O–H groups in total. The van der Waals surface area contributed by atoms with Crippen molar-refractivity contribution in [3.63, 3.8) is 0 Å². The van der Waals surface area contributed by atoms with Crippen molar-refractivity contribution in [2.75, 3.05) is 6.54 Å². The van der Waals surface area contributed by atoms with E-state index < -0.39 is 0 Å². The molecule has 0 bridgehead atoms. The second kappa shape index (κ2) is 4.26. The predicted molar refractivity (Wildman–Crippen MR) is 64.1 cm³/mol. The molecule has 2 heterocycles. The second-order valence-electron chi connectivity index (χ2n) is 3.84. The first-order valence-corrected chi connectivity index (χ1v) is 5.97. The zero-order valence-electron chi connectivity index (χ0n) is 9.32. The molecular formula is C10H16N4S. The van der Waals surface area contributed by atoms with Gasteiger partial charge in [-0.1, -0.05) is 18.7 Å². The van der Waals surface area contributed by atoms with Crippen LogP contribution in [0.25, 0.3) is 0 Å². The third kappa shape index (κ3) is 2.53. The molecule has 1 aromatic heterocycles. The topological polar surface area (TPSA) is 42.2 Å². The van der Waals surface area contributed by atoms with Gasteiger partial charge < -0.3 is 5.32 Å². The first kappa shape index (κ1) is 10.5. The summed E-state index contributed by atoms with van der Waals surface area (Å²) >= 11 is 1.81. The predicted octanol–water partition coefficient (Wildman–Crippen LogP) is 1.31. The maximum atomic E-state index is 4.41. The van der Waals surface area contributed by atoms with Crippen LogP contribution in [0, 0.1) is 6.92 Å². The van der Waals surface area contributed by atoms with E-state index in [0.29, 0.717) is 5.25 Å². The Balaban J connectivity index is 1.91. The Morgan fingerprint density at radius 3 is 3.00 bits per heavy atom. The van der Waals surface area contributed by atoms with Crippen molar-refractivity contribution in [3.05, 3.63) is 17.5 Å². The summed E-state index contributed by atoms with van der Waals surface area (Å²) in [6.45, 7) is 5.97. The lowest BCUT2D eigenvalue weighted by Crippen LogP contribution is -2.18. The molecule has 0 aliphatic carbocycles. The van der Waals surface area contributed by atoms with Gasteiger partial charge in [0.15, 0.2) is 5.17 Å². The van der Waals surface area contributed by atoms with Crippen LogP contribution < -0.4 is 5.32 Å². The number of nitrogens with one attached hydrogen (secondary N) is 1. The molecule has 5 heteroatoms. The number of aryl methyl sites for hydroxylation is 2. The van der Waals surface area contributed by atoms with Crippen LogP contribution in [0.4, 0.5) is 0 Å². The quantitative estimate of drug-likeness (QED) is 0.823. The van der Waals surface area contributed by atoms with Gasteiger partial charge >= 0.3 is 0 Å². The Morgan fingerprint density at radius 2 is 2.47 bits per heavy atom. The van der Waals surface area contributed by atoms with Crippen molar-refractivity contribution in [2.45, 2.75) is 25.6 Å². The highest BCUT2D eigenvalue weighted by molar-refractivity contribution is 8.14. The molecule has 2 rings (SSSR count). The van der Waals surface area contributed by atoms with Crippen molar-refractivity contribution in [2.24, 2.45) is 12.0 Å². The summed E-state index contributed by atoms with van der Waals surface area (Å²) in [5, 5.41) is 9.32. The van der Waals surface area contributed by atoms with Crippen LogP contribution in [-0.2, 0) is 13.6 Å². The van der Waals surface area contributed by atoms with Crippen molar-refractivity contribution < 1.29 is 0 Å². The fourth-order valence-corrected chi connectivity index (χ4v) is 2.40. The average molecular weight is 224 g/mol. The van der Waals surface area contributed by atoms with Crippen LogP contribution in [0.1, 0.15) is 18.2 Å². The van der Waals surface area contributed by atoms with Crippen molar-refractivity contribution in [3.8, 4) is 0 Å². The number of hydrogen-bond acceptors (Lipinski definition) is 4. The van der Waals surface area contributed by atoms with E-state index in [1.54, 1.807) is 0 Å². The first-order valence-electron chi connectivity index (χ1n) is 5.09. The van der Waals surface area contributed by atoms with Gasteiger partial charge in [0.2, 0.25) is 0 Å². The van der Waals surface area contributed by atoms with Crippen LogP contribution in [0.15, 0.2) is 11.2 Å². The maximum absolute atomic E-state index is 4.41. The van der Waals surface area contributed by atoms with Crippen molar-refractivity contribution in [1.82, 2.24) is 15.1 Å². The standard InChI is InChI=1S/C10H16N4S/c1-7-4-11-10(15-7)12-5-9-6-14(3)13-8(9)2/h6-7H,4-5H2,1-3H3,(H,11,12). The summed E-state index contributed by atoms with van der Waals surface area (Å²) in [6.07, 6.45) is 2.05. The van der Waals surface area contributed by atoms with E-state index in [4.69, 9.17) is 0 Å². The van der Waals surface area contributed by atoms with Crippen LogP contribution >= 0.6 is 11.8 Å². The number of hydrogen-bond donors (Lipinski definition) is 1. The summed E-state index contributed by atoms with van der Waals surface area (Å²) < 4.78 is 1.85. The Labute approximate surface area is 94.2 Å².